The topological polar surface area (TPSA) is 58.6 Å². The second-order valence-electron chi connectivity index (χ2n) is 6.80. The molecule has 0 aliphatic carbocycles. The number of benzene rings is 1. The summed E-state index contributed by atoms with van der Waals surface area (Å²) >= 11 is 0. The third-order valence-electron chi connectivity index (χ3n) is 4.90. The molecule has 1 aromatic rings. The van der Waals surface area contributed by atoms with Crippen LogP contribution in [0.4, 0.5) is 0 Å². The second kappa shape index (κ2) is 8.29. The number of amides is 2. The van der Waals surface area contributed by atoms with Crippen LogP contribution in [0, 0.1) is 11.8 Å². The van der Waals surface area contributed by atoms with Crippen LogP contribution in [0.15, 0.2) is 30.3 Å². The lowest BCUT2D eigenvalue weighted by molar-refractivity contribution is -0.129. The van der Waals surface area contributed by atoms with E-state index in [4.69, 9.17) is 4.74 Å². The van der Waals surface area contributed by atoms with E-state index < -0.39 is 0 Å². The molecule has 0 radical (unpaired) electrons. The predicted molar refractivity (Wildman–Crippen MR) is 91.4 cm³/mol. The van der Waals surface area contributed by atoms with Gasteiger partial charge >= 0.3 is 0 Å². The number of rotatable bonds is 6. The summed E-state index contributed by atoms with van der Waals surface area (Å²) in [5, 5.41) is 3.01. The van der Waals surface area contributed by atoms with Crippen LogP contribution in [0.1, 0.15) is 24.8 Å². The van der Waals surface area contributed by atoms with E-state index in [2.05, 4.69) is 17.4 Å². The minimum absolute atomic E-state index is 0.0231. The molecule has 0 unspecified atom stereocenters. The van der Waals surface area contributed by atoms with Gasteiger partial charge in [-0.05, 0) is 24.8 Å². The summed E-state index contributed by atoms with van der Waals surface area (Å²) in [7, 11) is 0. The van der Waals surface area contributed by atoms with E-state index in [0.717, 1.165) is 39.0 Å². The molecular formula is C19H26N2O3. The Kier molecular flexibility index (Phi) is 5.86. The van der Waals surface area contributed by atoms with Crippen molar-refractivity contribution in [2.24, 2.45) is 11.8 Å². The summed E-state index contributed by atoms with van der Waals surface area (Å²) in [6.07, 6.45) is 3.27. The third kappa shape index (κ3) is 4.57. The van der Waals surface area contributed by atoms with Crippen molar-refractivity contribution in [3.05, 3.63) is 35.9 Å². The lowest BCUT2D eigenvalue weighted by Crippen LogP contribution is -2.38. The molecule has 2 atom stereocenters. The van der Waals surface area contributed by atoms with E-state index >= 15 is 0 Å². The molecule has 2 aliphatic heterocycles. The summed E-state index contributed by atoms with van der Waals surface area (Å²) in [4.78, 5) is 26.2. The van der Waals surface area contributed by atoms with Crippen molar-refractivity contribution in [1.82, 2.24) is 10.2 Å². The summed E-state index contributed by atoms with van der Waals surface area (Å²) in [6.45, 7) is 3.37. The molecule has 2 amide bonds. The number of likely N-dealkylation sites (tertiary alicyclic amines) is 1. The highest BCUT2D eigenvalue weighted by atomic mass is 16.5. The number of hydrogen-bond acceptors (Lipinski definition) is 3. The first kappa shape index (κ1) is 17.0. The molecule has 5 heteroatoms. The smallest absolute Gasteiger partial charge is 0.225 e. The molecule has 0 saturated carbocycles. The Morgan fingerprint density at radius 3 is 2.88 bits per heavy atom. The maximum absolute atomic E-state index is 12.1. The zero-order valence-corrected chi connectivity index (χ0v) is 14.1. The summed E-state index contributed by atoms with van der Waals surface area (Å²) in [5.41, 5.74) is 1.25. The van der Waals surface area contributed by atoms with Gasteiger partial charge in [-0.2, -0.15) is 0 Å². The number of carbonyl (C=O) groups is 2. The average molecular weight is 330 g/mol. The average Bonchev–Trinajstić information content (AvgIpc) is 2.99. The van der Waals surface area contributed by atoms with Crippen LogP contribution in [0.2, 0.25) is 0 Å². The van der Waals surface area contributed by atoms with Gasteiger partial charge in [-0.1, -0.05) is 30.3 Å². The quantitative estimate of drug-likeness (QED) is 0.862. The fraction of sp³-hybridized carbons (Fsp3) is 0.579. The molecular weight excluding hydrogens is 304 g/mol. The van der Waals surface area contributed by atoms with Crippen LogP contribution in [0.5, 0.6) is 0 Å². The normalized spacial score (nSPS) is 24.2. The van der Waals surface area contributed by atoms with Gasteiger partial charge in [-0.25, -0.2) is 0 Å². The monoisotopic (exact) mass is 330 g/mol. The number of ether oxygens (including phenoxy) is 1. The van der Waals surface area contributed by atoms with Crippen molar-refractivity contribution < 1.29 is 14.3 Å². The summed E-state index contributed by atoms with van der Waals surface area (Å²) < 4.78 is 5.36. The highest BCUT2D eigenvalue weighted by Gasteiger charge is 2.30. The van der Waals surface area contributed by atoms with Crippen molar-refractivity contribution in [2.45, 2.75) is 25.7 Å². The van der Waals surface area contributed by atoms with Gasteiger partial charge in [0.15, 0.2) is 0 Å². The van der Waals surface area contributed by atoms with E-state index in [9.17, 15) is 9.59 Å². The first-order valence-corrected chi connectivity index (χ1v) is 8.89. The van der Waals surface area contributed by atoms with Crippen molar-refractivity contribution in [3.8, 4) is 0 Å². The van der Waals surface area contributed by atoms with E-state index in [-0.39, 0.29) is 23.7 Å². The molecule has 2 fully saturated rings. The Morgan fingerprint density at radius 1 is 1.29 bits per heavy atom. The van der Waals surface area contributed by atoms with Crippen LogP contribution in [0.3, 0.4) is 0 Å². The number of nitrogens with zero attached hydrogens (tertiary/aromatic N) is 1. The largest absolute Gasteiger partial charge is 0.381 e. The van der Waals surface area contributed by atoms with Gasteiger partial charge in [0.2, 0.25) is 11.8 Å². The van der Waals surface area contributed by atoms with Crippen LogP contribution < -0.4 is 5.32 Å². The highest BCUT2D eigenvalue weighted by Crippen LogP contribution is 2.19. The van der Waals surface area contributed by atoms with Gasteiger partial charge in [0.25, 0.3) is 0 Å². The van der Waals surface area contributed by atoms with Gasteiger partial charge in [0.05, 0.1) is 12.5 Å². The first-order chi connectivity index (χ1) is 11.7. The molecule has 0 bridgehead atoms. The minimum Gasteiger partial charge on any atom is -0.381 e. The lowest BCUT2D eigenvalue weighted by atomic mass is 10.0. The second-order valence-corrected chi connectivity index (χ2v) is 6.80. The Balaban J connectivity index is 1.40. The van der Waals surface area contributed by atoms with Crippen LogP contribution in [-0.2, 0) is 20.7 Å². The molecule has 2 saturated heterocycles. The van der Waals surface area contributed by atoms with E-state index in [0.29, 0.717) is 19.6 Å². The van der Waals surface area contributed by atoms with E-state index in [1.807, 2.05) is 23.1 Å². The van der Waals surface area contributed by atoms with Gasteiger partial charge in [0, 0.05) is 38.6 Å². The molecule has 130 valence electrons. The molecule has 0 spiro atoms. The molecule has 3 rings (SSSR count). The maximum Gasteiger partial charge on any atom is 0.225 e. The molecule has 1 aromatic carbocycles. The first-order valence-electron chi connectivity index (χ1n) is 8.89. The zero-order valence-electron chi connectivity index (χ0n) is 14.1. The minimum atomic E-state index is -0.0231. The van der Waals surface area contributed by atoms with Gasteiger partial charge in [-0.15, -0.1) is 0 Å². The van der Waals surface area contributed by atoms with Crippen LogP contribution >= 0.6 is 0 Å². The third-order valence-corrected chi connectivity index (χ3v) is 4.90. The fourth-order valence-electron chi connectivity index (χ4n) is 3.45. The molecule has 5 nitrogen and oxygen atoms in total. The standard InChI is InChI=1S/C19H26N2O3/c22-18-11-16(12-20-19(23)17-7-4-10-24-14-17)13-21(18)9-8-15-5-2-1-3-6-15/h1-3,5-6,16-17H,4,7-14H2,(H,20,23)/t16-,17+/m0/s1. The van der Waals surface area contributed by atoms with E-state index in [1.54, 1.807) is 0 Å². The van der Waals surface area contributed by atoms with Crippen molar-refractivity contribution >= 4 is 11.8 Å². The van der Waals surface area contributed by atoms with E-state index in [1.165, 1.54) is 5.56 Å². The van der Waals surface area contributed by atoms with Crippen molar-refractivity contribution in [3.63, 3.8) is 0 Å². The molecule has 2 aliphatic rings. The van der Waals surface area contributed by atoms with Crippen LogP contribution in [-0.4, -0.2) is 49.6 Å². The SMILES string of the molecule is O=C(NC[C@@H]1CC(=O)N(CCc2ccccc2)C1)[C@@H]1CCCOC1. The zero-order chi connectivity index (χ0) is 16.8. The van der Waals surface area contributed by atoms with Gasteiger partial charge in [-0.3, -0.25) is 9.59 Å². The Labute approximate surface area is 143 Å². The summed E-state index contributed by atoms with van der Waals surface area (Å²) in [5.74, 6) is 0.475. The predicted octanol–water partition coefficient (Wildman–Crippen LogP) is 1.62. The molecule has 1 N–H and O–H groups in total. The Bertz CT molecular complexity index is 555. The lowest BCUT2D eigenvalue weighted by Gasteiger charge is -2.22. The Morgan fingerprint density at radius 2 is 2.12 bits per heavy atom. The highest BCUT2D eigenvalue weighted by molar-refractivity contribution is 5.80. The van der Waals surface area contributed by atoms with Crippen LogP contribution in [0.25, 0.3) is 0 Å². The Hall–Kier alpha value is -1.88. The fourth-order valence-corrected chi connectivity index (χ4v) is 3.45. The molecule has 0 aromatic heterocycles. The van der Waals surface area contributed by atoms with Crippen molar-refractivity contribution in [2.75, 3.05) is 32.8 Å². The molecule has 24 heavy (non-hydrogen) atoms. The maximum atomic E-state index is 12.1. The summed E-state index contributed by atoms with van der Waals surface area (Å²) in [6, 6.07) is 10.2. The van der Waals surface area contributed by atoms with Gasteiger partial charge < -0.3 is 15.0 Å². The molecule has 2 heterocycles. The number of carbonyl (C=O) groups excluding carboxylic acids is 2. The van der Waals surface area contributed by atoms with Crippen molar-refractivity contribution in [1.29, 1.82) is 0 Å². The number of nitrogens with one attached hydrogen (secondary N) is 1. The van der Waals surface area contributed by atoms with Gasteiger partial charge in [0.1, 0.15) is 0 Å². The number of hydrogen-bond donors (Lipinski definition) is 1.